The van der Waals surface area contributed by atoms with Crippen molar-refractivity contribution >= 4 is 23.1 Å². The maximum absolute atomic E-state index is 7.19. The average molecular weight is 138 g/mol. The molecule has 0 saturated heterocycles. The van der Waals surface area contributed by atoms with Crippen LogP contribution in [0.25, 0.3) is 0 Å². The third-order valence-electron chi connectivity index (χ3n) is 0. The summed E-state index contributed by atoms with van der Waals surface area (Å²) in [4.78, 5) is 0. The van der Waals surface area contributed by atoms with Gasteiger partial charge >= 0.3 is 29.2 Å². The monoisotopic (exact) mass is 138 g/mol. The molecule has 48 valence electrons. The summed E-state index contributed by atoms with van der Waals surface area (Å²) in [6.45, 7) is 0. The second kappa shape index (κ2) is 7.53. The van der Waals surface area contributed by atoms with E-state index in [4.69, 9.17) is 20.4 Å². The molecule has 0 heterocycles. The van der Waals surface area contributed by atoms with Crippen LogP contribution in [0.15, 0.2) is 0 Å². The zero-order valence-corrected chi connectivity index (χ0v) is 5.30. The van der Waals surface area contributed by atoms with Gasteiger partial charge in [-0.25, -0.2) is 0 Å². The van der Waals surface area contributed by atoms with Gasteiger partial charge in [0.1, 0.15) is 0 Å². The van der Waals surface area contributed by atoms with E-state index in [-0.39, 0.29) is 34.0 Å². The minimum atomic E-state index is -3.50. The van der Waals surface area contributed by atoms with Crippen LogP contribution in [0.5, 0.6) is 0 Å². The third kappa shape index (κ3) is 720. The first-order valence-electron chi connectivity index (χ1n) is 0.894. The van der Waals surface area contributed by atoms with Crippen molar-refractivity contribution in [3.05, 3.63) is 0 Å². The van der Waals surface area contributed by atoms with Gasteiger partial charge in [0.05, 0.1) is 0 Å². The summed E-state index contributed by atoms with van der Waals surface area (Å²) in [5.41, 5.74) is 0. The van der Waals surface area contributed by atoms with E-state index < -0.39 is 6.16 Å². The summed E-state index contributed by atoms with van der Waals surface area (Å²) in [7, 11) is 0. The van der Waals surface area contributed by atoms with Gasteiger partial charge in [0.25, 0.3) is 0 Å². The molecule has 0 atom stereocenters. The van der Waals surface area contributed by atoms with Crippen LogP contribution in [0.4, 0.5) is 0 Å². The number of rotatable bonds is 0. The molecule has 0 saturated carbocycles. The Labute approximate surface area is 61.1 Å². The maximum Gasteiger partial charge on any atom is 2.00 e. The molecule has 0 spiro atoms. The first-order valence-corrected chi connectivity index (χ1v) is 0.894. The van der Waals surface area contributed by atoms with Crippen LogP contribution in [-0.2, 0) is 0 Å². The molecule has 6 N–H and O–H groups in total. The van der Waals surface area contributed by atoms with Gasteiger partial charge in [0, 0.05) is 0 Å². The summed E-state index contributed by atoms with van der Waals surface area (Å²) < 4.78 is 0. The van der Waals surface area contributed by atoms with Crippen molar-refractivity contribution in [1.82, 2.24) is 0 Å². The third-order valence-corrected chi connectivity index (χ3v) is 0. The number of aliphatic hydroxyl groups is 4. The van der Waals surface area contributed by atoms with E-state index in [0.29, 0.717) is 0 Å². The Morgan fingerprint density at radius 3 is 0.750 bits per heavy atom. The Hall–Kier alpha value is 0.526. The van der Waals surface area contributed by atoms with E-state index in [2.05, 4.69) is 0 Å². The smallest absolute Gasteiger partial charge is 0.870 e. The Balaban J connectivity index is -0.0000000267. The van der Waals surface area contributed by atoms with Gasteiger partial charge in [-0.3, -0.25) is 0 Å². The summed E-state index contributed by atoms with van der Waals surface area (Å²) >= 11 is 0. The largest absolute Gasteiger partial charge is 2.00 e. The molecule has 0 aliphatic carbocycles. The fourth-order valence-corrected chi connectivity index (χ4v) is 0. The van der Waals surface area contributed by atoms with Gasteiger partial charge < -0.3 is 31.4 Å². The first-order chi connectivity index (χ1) is 2.00. The van der Waals surface area contributed by atoms with Crippen molar-refractivity contribution in [2.75, 3.05) is 0 Å². The zero-order valence-electron chi connectivity index (χ0n) is 3.89. The molecule has 0 fully saturated rings. The molecule has 0 aromatic heterocycles. The van der Waals surface area contributed by atoms with E-state index in [0.717, 1.165) is 0 Å². The van der Waals surface area contributed by atoms with Crippen molar-refractivity contribution in [2.45, 2.75) is 6.16 Å². The molecule has 0 radical (unpaired) electrons. The van der Waals surface area contributed by atoms with Crippen LogP contribution < -0.4 is 0 Å². The SMILES string of the molecule is OC(O)(O)O.[Mg+2].[OH-].[OH-]. The molecule has 7 heteroatoms. The summed E-state index contributed by atoms with van der Waals surface area (Å²) in [6, 6.07) is 0. The molecular formula is CH6MgO6. The fourth-order valence-electron chi connectivity index (χ4n) is 0. The second-order valence-electron chi connectivity index (χ2n) is 0.600. The molecular weight excluding hydrogens is 132 g/mol. The van der Waals surface area contributed by atoms with Crippen LogP contribution >= 0.6 is 0 Å². The van der Waals surface area contributed by atoms with E-state index in [9.17, 15) is 0 Å². The molecule has 0 unspecified atom stereocenters. The molecule has 0 bridgehead atoms. The van der Waals surface area contributed by atoms with Crippen LogP contribution in [0.3, 0.4) is 0 Å². The Morgan fingerprint density at radius 2 is 0.750 bits per heavy atom. The van der Waals surface area contributed by atoms with Crippen molar-refractivity contribution in [3.63, 3.8) is 0 Å². The van der Waals surface area contributed by atoms with Crippen molar-refractivity contribution in [3.8, 4) is 0 Å². The Morgan fingerprint density at radius 1 is 0.750 bits per heavy atom. The standard InChI is InChI=1S/CH4O4.Mg.2H2O/c2-1(3,4)5;;;/h2-5H;;2*1H2/q;+2;;/p-2. The Kier molecular flexibility index (Phi) is 22.2. The van der Waals surface area contributed by atoms with E-state index in [1.807, 2.05) is 0 Å². The summed E-state index contributed by atoms with van der Waals surface area (Å²) in [6.07, 6.45) is -3.50. The molecule has 0 aliphatic heterocycles. The molecule has 8 heavy (non-hydrogen) atoms. The summed E-state index contributed by atoms with van der Waals surface area (Å²) in [5.74, 6) is 0. The molecule has 0 aromatic rings. The van der Waals surface area contributed by atoms with E-state index in [1.54, 1.807) is 0 Å². The topological polar surface area (TPSA) is 141 Å². The van der Waals surface area contributed by atoms with Gasteiger partial charge in [0.2, 0.25) is 0 Å². The molecule has 0 rings (SSSR count). The number of hydrogen-bond acceptors (Lipinski definition) is 6. The van der Waals surface area contributed by atoms with E-state index >= 15 is 0 Å². The van der Waals surface area contributed by atoms with Gasteiger partial charge in [-0.15, -0.1) is 0 Å². The van der Waals surface area contributed by atoms with Gasteiger partial charge in [0.15, 0.2) is 0 Å². The molecule has 0 aromatic carbocycles. The molecule has 0 amide bonds. The van der Waals surface area contributed by atoms with Crippen molar-refractivity contribution in [1.29, 1.82) is 0 Å². The van der Waals surface area contributed by atoms with E-state index in [1.165, 1.54) is 0 Å². The summed E-state index contributed by atoms with van der Waals surface area (Å²) in [5, 5.41) is 28.8. The molecule has 0 aliphatic rings. The van der Waals surface area contributed by atoms with Gasteiger partial charge in [-0.05, 0) is 0 Å². The Bertz CT molecular complexity index is 24.0. The minimum absolute atomic E-state index is 0. The predicted octanol–water partition coefficient (Wildman–Crippen LogP) is -3.17. The first kappa shape index (κ1) is 23.6. The maximum atomic E-state index is 7.19. The van der Waals surface area contributed by atoms with Gasteiger partial charge in [-0.2, -0.15) is 0 Å². The van der Waals surface area contributed by atoms with Crippen LogP contribution in [-0.4, -0.2) is 60.6 Å². The predicted molar refractivity (Wildman–Crippen MR) is 21.2 cm³/mol. The normalized spacial score (nSPS) is 7.50. The second-order valence-corrected chi connectivity index (χ2v) is 0.600. The van der Waals surface area contributed by atoms with Crippen LogP contribution in [0.2, 0.25) is 0 Å². The molecule has 6 nitrogen and oxygen atoms in total. The minimum Gasteiger partial charge on any atom is -0.870 e. The van der Waals surface area contributed by atoms with Crippen LogP contribution in [0, 0.1) is 0 Å². The fraction of sp³-hybridized carbons (Fsp3) is 1.00. The zero-order chi connectivity index (χ0) is 4.50. The van der Waals surface area contributed by atoms with Crippen molar-refractivity contribution < 1.29 is 31.4 Å². The van der Waals surface area contributed by atoms with Gasteiger partial charge in [-0.1, -0.05) is 0 Å². The quantitative estimate of drug-likeness (QED) is 0.205. The van der Waals surface area contributed by atoms with Crippen LogP contribution in [0.1, 0.15) is 0 Å². The average Bonchev–Trinajstić information content (AvgIpc) is 0.722. The number of hydrogen-bond donors (Lipinski definition) is 4. The van der Waals surface area contributed by atoms with Crippen molar-refractivity contribution in [2.24, 2.45) is 0 Å².